The molecule has 0 atom stereocenters. The van der Waals surface area contributed by atoms with E-state index in [2.05, 4.69) is 9.97 Å². The minimum atomic E-state index is 0.582. The first-order chi connectivity index (χ1) is 6.43. The van der Waals surface area contributed by atoms with Crippen molar-refractivity contribution in [3.8, 4) is 0 Å². The third-order valence-electron chi connectivity index (χ3n) is 1.29. The first-order valence-corrected chi connectivity index (χ1v) is 5.08. The summed E-state index contributed by atoms with van der Waals surface area (Å²) in [7, 11) is 0. The third-order valence-corrected chi connectivity index (χ3v) is 2.20. The van der Waals surface area contributed by atoms with Crippen molar-refractivity contribution in [3.63, 3.8) is 0 Å². The number of hydrogen-bond donors (Lipinski definition) is 1. The summed E-state index contributed by atoms with van der Waals surface area (Å²) in [6.45, 7) is 1.92. The van der Waals surface area contributed by atoms with Crippen LogP contribution in [-0.2, 0) is 4.74 Å². The zero-order valence-electron chi connectivity index (χ0n) is 7.35. The van der Waals surface area contributed by atoms with Crippen molar-refractivity contribution in [1.29, 1.82) is 0 Å². The highest BCUT2D eigenvalue weighted by molar-refractivity contribution is 7.99. The van der Waals surface area contributed by atoms with Crippen molar-refractivity contribution >= 4 is 11.8 Å². The highest BCUT2D eigenvalue weighted by Crippen LogP contribution is 2.12. The summed E-state index contributed by atoms with van der Waals surface area (Å²) in [4.78, 5) is 7.90. The van der Waals surface area contributed by atoms with Crippen LogP contribution < -0.4 is 5.73 Å². The van der Waals surface area contributed by atoms with E-state index in [1.54, 1.807) is 24.3 Å². The van der Waals surface area contributed by atoms with Gasteiger partial charge in [-0.15, -0.1) is 11.8 Å². The molecule has 1 aromatic rings. The lowest BCUT2D eigenvalue weighted by Crippen LogP contribution is -2.09. The summed E-state index contributed by atoms with van der Waals surface area (Å²) >= 11 is 1.65. The van der Waals surface area contributed by atoms with Gasteiger partial charge in [-0.3, -0.25) is 0 Å². The lowest BCUT2D eigenvalue weighted by Gasteiger charge is -2.01. The van der Waals surface area contributed by atoms with Crippen LogP contribution in [0.1, 0.15) is 0 Å². The van der Waals surface area contributed by atoms with Crippen LogP contribution in [0.5, 0.6) is 0 Å². The fraction of sp³-hybridized carbons (Fsp3) is 0.500. The molecule has 0 spiro atoms. The Morgan fingerprint density at radius 2 is 2.38 bits per heavy atom. The van der Waals surface area contributed by atoms with E-state index in [1.165, 1.54) is 0 Å². The van der Waals surface area contributed by atoms with E-state index in [9.17, 15) is 0 Å². The van der Waals surface area contributed by atoms with Gasteiger partial charge < -0.3 is 10.5 Å². The molecule has 2 N–H and O–H groups in total. The molecule has 0 unspecified atom stereocenters. The molecule has 0 aliphatic heterocycles. The van der Waals surface area contributed by atoms with Crippen molar-refractivity contribution in [1.82, 2.24) is 9.97 Å². The molecule has 72 valence electrons. The molecule has 0 saturated heterocycles. The van der Waals surface area contributed by atoms with Crippen LogP contribution in [0.2, 0.25) is 0 Å². The second kappa shape index (κ2) is 6.82. The highest BCUT2D eigenvalue weighted by Gasteiger charge is 1.93. The number of nitrogens with zero attached hydrogens (tertiary/aromatic N) is 2. The Balaban J connectivity index is 2.07. The topological polar surface area (TPSA) is 61.0 Å². The number of aromatic nitrogens is 2. The van der Waals surface area contributed by atoms with Crippen molar-refractivity contribution in [2.75, 3.05) is 25.5 Å². The van der Waals surface area contributed by atoms with Crippen LogP contribution in [0.3, 0.4) is 0 Å². The van der Waals surface area contributed by atoms with Crippen LogP contribution in [0.15, 0.2) is 23.6 Å². The molecule has 0 aliphatic carbocycles. The Kier molecular flexibility index (Phi) is 5.47. The van der Waals surface area contributed by atoms with Gasteiger partial charge in [0.25, 0.3) is 0 Å². The molecule has 4 nitrogen and oxygen atoms in total. The van der Waals surface area contributed by atoms with Crippen molar-refractivity contribution in [2.24, 2.45) is 5.73 Å². The summed E-state index contributed by atoms with van der Waals surface area (Å²) in [5.41, 5.74) is 5.27. The molecule has 13 heavy (non-hydrogen) atoms. The van der Waals surface area contributed by atoms with Gasteiger partial charge >= 0.3 is 0 Å². The zero-order valence-corrected chi connectivity index (χ0v) is 8.17. The largest absolute Gasteiger partial charge is 0.379 e. The molecular formula is C8H13N3OS. The quantitative estimate of drug-likeness (QED) is 0.412. The molecule has 1 rings (SSSR count). The summed E-state index contributed by atoms with van der Waals surface area (Å²) < 4.78 is 5.22. The van der Waals surface area contributed by atoms with Gasteiger partial charge in [-0.25, -0.2) is 9.97 Å². The number of hydrogen-bond acceptors (Lipinski definition) is 5. The van der Waals surface area contributed by atoms with Crippen LogP contribution in [0, 0.1) is 0 Å². The Bertz CT molecular complexity index is 220. The maximum Gasteiger partial charge on any atom is 0.116 e. The fourth-order valence-corrected chi connectivity index (χ4v) is 1.44. The van der Waals surface area contributed by atoms with E-state index in [4.69, 9.17) is 10.5 Å². The normalized spacial score (nSPS) is 10.2. The monoisotopic (exact) mass is 199 g/mol. The first-order valence-electron chi connectivity index (χ1n) is 4.10. The zero-order chi connectivity index (χ0) is 9.36. The van der Waals surface area contributed by atoms with Crippen molar-refractivity contribution in [3.05, 3.63) is 18.6 Å². The van der Waals surface area contributed by atoms with Gasteiger partial charge in [0.1, 0.15) is 6.33 Å². The second-order valence-electron chi connectivity index (χ2n) is 2.30. The van der Waals surface area contributed by atoms with Crippen LogP contribution in [-0.4, -0.2) is 35.5 Å². The molecular weight excluding hydrogens is 186 g/mol. The molecule has 0 saturated carbocycles. The average molecular weight is 199 g/mol. The van der Waals surface area contributed by atoms with Gasteiger partial charge in [-0.2, -0.15) is 0 Å². The molecule has 5 heteroatoms. The Morgan fingerprint density at radius 1 is 1.46 bits per heavy atom. The van der Waals surface area contributed by atoms with E-state index in [0.717, 1.165) is 10.8 Å². The maximum absolute atomic E-state index is 5.27. The Morgan fingerprint density at radius 3 is 3.08 bits per heavy atom. The summed E-state index contributed by atoms with van der Waals surface area (Å²) in [6.07, 6.45) is 3.28. The Labute approximate surface area is 81.9 Å². The van der Waals surface area contributed by atoms with Crippen molar-refractivity contribution in [2.45, 2.75) is 5.03 Å². The predicted molar refractivity (Wildman–Crippen MR) is 52.6 cm³/mol. The highest BCUT2D eigenvalue weighted by atomic mass is 32.2. The molecule has 0 radical (unpaired) electrons. The smallest absolute Gasteiger partial charge is 0.116 e. The van der Waals surface area contributed by atoms with E-state index in [0.29, 0.717) is 19.8 Å². The standard InChI is InChI=1S/C8H13N3OS/c9-2-4-12-5-6-13-8-1-3-10-7-11-8/h1,3,7H,2,4-6,9H2. The first kappa shape index (κ1) is 10.4. The van der Waals surface area contributed by atoms with E-state index in [-0.39, 0.29) is 0 Å². The van der Waals surface area contributed by atoms with Gasteiger partial charge in [0.2, 0.25) is 0 Å². The molecule has 0 amide bonds. The van der Waals surface area contributed by atoms with Crippen LogP contribution in [0.25, 0.3) is 0 Å². The lowest BCUT2D eigenvalue weighted by atomic mass is 10.7. The molecule has 1 heterocycles. The van der Waals surface area contributed by atoms with Gasteiger partial charge in [0, 0.05) is 18.5 Å². The minimum absolute atomic E-state index is 0.582. The Hall–Kier alpha value is -0.650. The SMILES string of the molecule is NCCOCCSc1ccncn1. The van der Waals surface area contributed by atoms with E-state index >= 15 is 0 Å². The molecule has 0 aliphatic rings. The third kappa shape index (κ3) is 4.82. The van der Waals surface area contributed by atoms with Crippen LogP contribution in [0.4, 0.5) is 0 Å². The second-order valence-corrected chi connectivity index (χ2v) is 3.41. The number of rotatable bonds is 6. The average Bonchev–Trinajstić information content (AvgIpc) is 2.19. The van der Waals surface area contributed by atoms with Crippen LogP contribution >= 0.6 is 11.8 Å². The molecule has 0 aromatic carbocycles. The predicted octanol–water partition coefficient (Wildman–Crippen LogP) is 0.544. The molecule has 0 fully saturated rings. The maximum atomic E-state index is 5.27. The van der Waals surface area contributed by atoms with Gasteiger partial charge in [0.05, 0.1) is 18.2 Å². The molecule has 1 aromatic heterocycles. The fourth-order valence-electron chi connectivity index (χ4n) is 0.754. The van der Waals surface area contributed by atoms with E-state index < -0.39 is 0 Å². The minimum Gasteiger partial charge on any atom is -0.379 e. The van der Waals surface area contributed by atoms with Gasteiger partial charge in [-0.05, 0) is 6.07 Å². The van der Waals surface area contributed by atoms with E-state index in [1.807, 2.05) is 6.07 Å². The summed E-state index contributed by atoms with van der Waals surface area (Å²) in [6, 6.07) is 1.88. The lowest BCUT2D eigenvalue weighted by molar-refractivity contribution is 0.158. The number of nitrogens with two attached hydrogens (primary N) is 1. The summed E-state index contributed by atoms with van der Waals surface area (Å²) in [5, 5.41) is 0.978. The van der Waals surface area contributed by atoms with Gasteiger partial charge in [0.15, 0.2) is 0 Å². The number of ether oxygens (including phenoxy) is 1. The molecule has 0 bridgehead atoms. The van der Waals surface area contributed by atoms with Gasteiger partial charge in [-0.1, -0.05) is 0 Å². The van der Waals surface area contributed by atoms with Crippen molar-refractivity contribution < 1.29 is 4.74 Å². The number of thioether (sulfide) groups is 1. The summed E-state index contributed by atoms with van der Waals surface area (Å²) in [5.74, 6) is 0.900.